The topological polar surface area (TPSA) is 70.7 Å². The largest absolute Gasteiger partial charge is 0.373 e. The Morgan fingerprint density at radius 3 is 2.13 bits per heavy atom. The molecule has 2 fully saturated rings. The van der Waals surface area contributed by atoms with Gasteiger partial charge in [0.05, 0.1) is 18.2 Å². The molecule has 6 nitrogen and oxygen atoms in total. The van der Waals surface area contributed by atoms with Gasteiger partial charge in [-0.05, 0) is 32.6 Å². The summed E-state index contributed by atoms with van der Waals surface area (Å²) in [4.78, 5) is 26.8. The fourth-order valence-corrected chi connectivity index (χ4v) is 3.82. The summed E-state index contributed by atoms with van der Waals surface area (Å²) in [7, 11) is 0. The summed E-state index contributed by atoms with van der Waals surface area (Å²) < 4.78 is 5.75. The van der Waals surface area contributed by atoms with E-state index in [4.69, 9.17) is 4.74 Å². The first-order valence-electron chi connectivity index (χ1n) is 8.87. The van der Waals surface area contributed by atoms with E-state index >= 15 is 0 Å². The van der Waals surface area contributed by atoms with Crippen LogP contribution < -0.4 is 10.9 Å². The van der Waals surface area contributed by atoms with Crippen LogP contribution in [0.4, 0.5) is 0 Å². The Balaban J connectivity index is 1.91. The number of rotatable bonds is 4. The number of amides is 2. The lowest BCUT2D eigenvalue weighted by molar-refractivity contribution is -0.139. The van der Waals surface area contributed by atoms with Gasteiger partial charge in [0, 0.05) is 19.0 Å². The maximum atomic E-state index is 12.6. The number of carbonyl (C=O) groups excluding carboxylic acids is 2. The number of nitrogens with zero attached hydrogens (tertiary/aromatic N) is 1. The molecule has 0 bridgehead atoms. The van der Waals surface area contributed by atoms with Crippen molar-refractivity contribution in [2.24, 2.45) is 11.8 Å². The van der Waals surface area contributed by atoms with Gasteiger partial charge in [0.25, 0.3) is 5.91 Å². The summed E-state index contributed by atoms with van der Waals surface area (Å²) in [5.41, 5.74) is 5.27. The quantitative estimate of drug-likeness (QED) is 0.768. The molecule has 1 saturated carbocycles. The Kier molecular flexibility index (Phi) is 6.41. The Morgan fingerprint density at radius 2 is 1.61 bits per heavy atom. The van der Waals surface area contributed by atoms with Gasteiger partial charge in [-0.25, -0.2) is 0 Å². The van der Waals surface area contributed by atoms with Crippen molar-refractivity contribution in [3.05, 3.63) is 0 Å². The average molecular weight is 325 g/mol. The average Bonchev–Trinajstić information content (AvgIpc) is 2.97. The normalized spacial score (nSPS) is 27.9. The Hall–Kier alpha value is -1.14. The minimum Gasteiger partial charge on any atom is -0.373 e. The van der Waals surface area contributed by atoms with Crippen LogP contribution in [0.25, 0.3) is 0 Å². The molecule has 0 radical (unpaired) electrons. The zero-order valence-electron chi connectivity index (χ0n) is 14.8. The fraction of sp³-hybridized carbons (Fsp3) is 0.882. The van der Waals surface area contributed by atoms with E-state index in [1.807, 2.05) is 27.7 Å². The molecule has 3 unspecified atom stereocenters. The van der Waals surface area contributed by atoms with Crippen molar-refractivity contribution >= 4 is 11.8 Å². The molecule has 0 aromatic heterocycles. The van der Waals surface area contributed by atoms with E-state index in [1.165, 1.54) is 0 Å². The molecule has 1 aliphatic heterocycles. The monoisotopic (exact) mass is 325 g/mol. The minimum atomic E-state index is -0.257. The maximum absolute atomic E-state index is 12.6. The summed E-state index contributed by atoms with van der Waals surface area (Å²) >= 11 is 0. The van der Waals surface area contributed by atoms with Gasteiger partial charge in [-0.1, -0.05) is 26.7 Å². The highest BCUT2D eigenvalue weighted by atomic mass is 16.5. The molecule has 0 spiro atoms. The Labute approximate surface area is 139 Å². The lowest BCUT2D eigenvalue weighted by Crippen LogP contribution is -2.59. The molecule has 3 atom stereocenters. The molecule has 1 saturated heterocycles. The van der Waals surface area contributed by atoms with Gasteiger partial charge in [0.1, 0.15) is 0 Å². The molecule has 0 aromatic rings. The summed E-state index contributed by atoms with van der Waals surface area (Å²) in [5, 5.41) is 0. The zero-order valence-corrected chi connectivity index (χ0v) is 14.8. The molecular formula is C17H31N3O3. The van der Waals surface area contributed by atoms with E-state index in [-0.39, 0.29) is 41.9 Å². The van der Waals surface area contributed by atoms with Crippen LogP contribution in [0.3, 0.4) is 0 Å². The van der Waals surface area contributed by atoms with Crippen molar-refractivity contribution in [2.75, 3.05) is 13.1 Å². The molecular weight excluding hydrogens is 294 g/mol. The van der Waals surface area contributed by atoms with E-state index < -0.39 is 0 Å². The molecule has 0 aromatic carbocycles. The van der Waals surface area contributed by atoms with Crippen LogP contribution in [-0.4, -0.2) is 48.1 Å². The van der Waals surface area contributed by atoms with Crippen LogP contribution in [0.2, 0.25) is 0 Å². The lowest BCUT2D eigenvalue weighted by Gasteiger charge is -2.40. The van der Waals surface area contributed by atoms with Crippen molar-refractivity contribution in [2.45, 2.75) is 71.6 Å². The predicted octanol–water partition coefficient (Wildman–Crippen LogP) is 1.46. The van der Waals surface area contributed by atoms with Crippen LogP contribution in [-0.2, 0) is 14.3 Å². The van der Waals surface area contributed by atoms with E-state index in [0.29, 0.717) is 0 Å². The molecule has 23 heavy (non-hydrogen) atoms. The van der Waals surface area contributed by atoms with Crippen LogP contribution >= 0.6 is 0 Å². The zero-order chi connectivity index (χ0) is 17.0. The van der Waals surface area contributed by atoms with Crippen molar-refractivity contribution in [1.82, 2.24) is 15.8 Å². The van der Waals surface area contributed by atoms with Crippen LogP contribution in [0.15, 0.2) is 0 Å². The van der Waals surface area contributed by atoms with Crippen molar-refractivity contribution in [3.8, 4) is 0 Å². The molecule has 132 valence electrons. The van der Waals surface area contributed by atoms with Crippen LogP contribution in [0.5, 0.6) is 0 Å². The van der Waals surface area contributed by atoms with E-state index in [0.717, 1.165) is 38.8 Å². The van der Waals surface area contributed by atoms with Gasteiger partial charge in [0.15, 0.2) is 0 Å². The van der Waals surface area contributed by atoms with Crippen molar-refractivity contribution in [1.29, 1.82) is 0 Å². The highest BCUT2D eigenvalue weighted by molar-refractivity contribution is 5.86. The number of carbonyl (C=O) groups is 2. The van der Waals surface area contributed by atoms with Crippen molar-refractivity contribution in [3.63, 3.8) is 0 Å². The number of nitrogens with one attached hydrogen (secondary N) is 2. The summed E-state index contributed by atoms with van der Waals surface area (Å²) in [6.07, 6.45) is 4.28. The van der Waals surface area contributed by atoms with E-state index in [2.05, 4.69) is 15.8 Å². The third-order valence-electron chi connectivity index (χ3n) is 4.78. The molecule has 2 aliphatic rings. The minimum absolute atomic E-state index is 0.0521. The van der Waals surface area contributed by atoms with E-state index in [9.17, 15) is 9.59 Å². The smallest absolute Gasteiger partial charge is 0.255 e. The molecule has 2 N–H and O–H groups in total. The third kappa shape index (κ3) is 4.91. The van der Waals surface area contributed by atoms with Gasteiger partial charge in [-0.2, -0.15) is 0 Å². The molecule has 2 amide bonds. The number of hydrogen-bond acceptors (Lipinski definition) is 4. The lowest BCUT2D eigenvalue weighted by atomic mass is 10.00. The first-order valence-corrected chi connectivity index (χ1v) is 8.87. The van der Waals surface area contributed by atoms with Gasteiger partial charge in [0.2, 0.25) is 5.91 Å². The fourth-order valence-electron chi connectivity index (χ4n) is 3.82. The molecule has 6 heteroatoms. The third-order valence-corrected chi connectivity index (χ3v) is 4.78. The molecule has 1 heterocycles. The first kappa shape index (κ1) is 18.2. The number of hydrogen-bond donors (Lipinski definition) is 2. The summed E-state index contributed by atoms with van der Waals surface area (Å²) in [6.45, 7) is 9.59. The number of hydrazine groups is 1. The number of ether oxygens (including phenoxy) is 1. The van der Waals surface area contributed by atoms with E-state index in [1.54, 1.807) is 0 Å². The Morgan fingerprint density at radius 1 is 1.04 bits per heavy atom. The maximum Gasteiger partial charge on any atom is 0.255 e. The van der Waals surface area contributed by atoms with Gasteiger partial charge in [-0.15, -0.1) is 0 Å². The summed E-state index contributed by atoms with van der Waals surface area (Å²) in [5.74, 6) is 0.0295. The van der Waals surface area contributed by atoms with Crippen LogP contribution in [0.1, 0.15) is 53.4 Å². The second-order valence-corrected chi connectivity index (χ2v) is 7.36. The molecule has 1 aliphatic carbocycles. The van der Waals surface area contributed by atoms with Gasteiger partial charge >= 0.3 is 0 Å². The van der Waals surface area contributed by atoms with Crippen LogP contribution in [0, 0.1) is 11.8 Å². The first-order chi connectivity index (χ1) is 10.9. The highest BCUT2D eigenvalue weighted by Crippen LogP contribution is 2.24. The highest BCUT2D eigenvalue weighted by Gasteiger charge is 2.34. The summed E-state index contributed by atoms with van der Waals surface area (Å²) in [6, 6.07) is -0.257. The second kappa shape index (κ2) is 8.11. The number of morpholine rings is 1. The van der Waals surface area contributed by atoms with Crippen molar-refractivity contribution < 1.29 is 14.3 Å². The predicted molar refractivity (Wildman–Crippen MR) is 88.5 cm³/mol. The van der Waals surface area contributed by atoms with Gasteiger partial charge in [-0.3, -0.25) is 25.3 Å². The van der Waals surface area contributed by atoms with Gasteiger partial charge < -0.3 is 4.74 Å². The second-order valence-electron chi connectivity index (χ2n) is 7.36. The standard InChI is InChI=1S/C17H31N3O3/c1-11(2)15(20-9-12(3)23-13(4)10-20)17(22)19-18-16(21)14-7-5-6-8-14/h11-15H,5-10H2,1-4H3,(H,18,21)(H,19,22). The SMILES string of the molecule is CC1CN(C(C(=O)NNC(=O)C2CCCC2)C(C)C)CC(C)O1. The Bertz CT molecular complexity index is 411. The molecule has 2 rings (SSSR count).